The van der Waals surface area contributed by atoms with E-state index in [1.165, 1.54) is 6.21 Å². The molecule has 4 rings (SSSR count). The van der Waals surface area contributed by atoms with Gasteiger partial charge >= 0.3 is 5.97 Å². The van der Waals surface area contributed by atoms with E-state index in [0.29, 0.717) is 11.3 Å². The van der Waals surface area contributed by atoms with Gasteiger partial charge in [-0.15, -0.1) is 0 Å². The normalized spacial score (nSPS) is 10.9. The fourth-order valence-electron chi connectivity index (χ4n) is 3.67. The van der Waals surface area contributed by atoms with Crippen molar-refractivity contribution in [3.8, 4) is 5.75 Å². The molecule has 0 aliphatic carbocycles. The SMILES string of the molecule is Cc1cccc(C)c1NCC(=O)N/N=C\c1ccc(OC(=O)c2cccc3ccccc23)cc1. The number of carbonyl (C=O) groups excluding carboxylic acids is 2. The van der Waals surface area contributed by atoms with Crippen LogP contribution in [0.1, 0.15) is 27.0 Å². The molecule has 0 heterocycles. The van der Waals surface area contributed by atoms with Crippen LogP contribution in [0.4, 0.5) is 5.69 Å². The molecule has 170 valence electrons. The van der Waals surface area contributed by atoms with Crippen molar-refractivity contribution in [1.82, 2.24) is 5.43 Å². The molecule has 0 aliphatic rings. The number of carbonyl (C=O) groups is 2. The molecule has 0 aliphatic heterocycles. The lowest BCUT2D eigenvalue weighted by Gasteiger charge is -2.11. The molecule has 1 amide bonds. The van der Waals surface area contributed by atoms with Crippen LogP contribution >= 0.6 is 0 Å². The first kappa shape index (κ1) is 22.7. The highest BCUT2D eigenvalue weighted by molar-refractivity contribution is 6.05. The molecule has 6 heteroatoms. The van der Waals surface area contributed by atoms with Gasteiger partial charge in [-0.25, -0.2) is 10.2 Å². The summed E-state index contributed by atoms with van der Waals surface area (Å²) < 4.78 is 5.54. The Kier molecular flexibility index (Phi) is 6.98. The molecule has 0 spiro atoms. The first-order chi connectivity index (χ1) is 16.5. The van der Waals surface area contributed by atoms with Gasteiger partial charge in [0.15, 0.2) is 0 Å². The predicted molar refractivity (Wildman–Crippen MR) is 135 cm³/mol. The van der Waals surface area contributed by atoms with Gasteiger partial charge in [-0.3, -0.25) is 4.79 Å². The Morgan fingerprint density at radius 3 is 2.29 bits per heavy atom. The van der Waals surface area contributed by atoms with Crippen molar-refractivity contribution in [2.24, 2.45) is 5.10 Å². The maximum absolute atomic E-state index is 12.7. The van der Waals surface area contributed by atoms with E-state index in [1.807, 2.05) is 68.4 Å². The lowest BCUT2D eigenvalue weighted by atomic mass is 10.0. The van der Waals surface area contributed by atoms with Gasteiger partial charge in [-0.05, 0) is 71.6 Å². The van der Waals surface area contributed by atoms with Crippen molar-refractivity contribution >= 4 is 34.6 Å². The minimum Gasteiger partial charge on any atom is -0.423 e. The number of hydrogen-bond acceptors (Lipinski definition) is 5. The fourth-order valence-corrected chi connectivity index (χ4v) is 3.67. The predicted octanol–water partition coefficient (Wildman–Crippen LogP) is 5.24. The zero-order chi connectivity index (χ0) is 23.9. The molecule has 0 radical (unpaired) electrons. The van der Waals surface area contributed by atoms with Crippen LogP contribution in [-0.2, 0) is 4.79 Å². The number of hydrogen-bond donors (Lipinski definition) is 2. The van der Waals surface area contributed by atoms with Crippen molar-refractivity contribution in [1.29, 1.82) is 0 Å². The summed E-state index contributed by atoms with van der Waals surface area (Å²) in [7, 11) is 0. The Morgan fingerprint density at radius 1 is 0.853 bits per heavy atom. The molecule has 0 fully saturated rings. The highest BCUT2D eigenvalue weighted by Gasteiger charge is 2.12. The molecule has 0 saturated carbocycles. The van der Waals surface area contributed by atoms with Crippen molar-refractivity contribution < 1.29 is 14.3 Å². The highest BCUT2D eigenvalue weighted by Crippen LogP contribution is 2.21. The van der Waals surface area contributed by atoms with Gasteiger partial charge in [0.05, 0.1) is 18.3 Å². The van der Waals surface area contributed by atoms with E-state index in [-0.39, 0.29) is 12.5 Å². The number of anilines is 1. The van der Waals surface area contributed by atoms with E-state index in [1.54, 1.807) is 30.3 Å². The number of esters is 1. The third kappa shape index (κ3) is 5.48. The van der Waals surface area contributed by atoms with E-state index in [2.05, 4.69) is 15.8 Å². The van der Waals surface area contributed by atoms with Crippen LogP contribution in [0.2, 0.25) is 0 Å². The van der Waals surface area contributed by atoms with Gasteiger partial charge in [0.2, 0.25) is 0 Å². The highest BCUT2D eigenvalue weighted by atomic mass is 16.5. The molecule has 6 nitrogen and oxygen atoms in total. The Balaban J connectivity index is 1.31. The van der Waals surface area contributed by atoms with E-state index in [0.717, 1.165) is 33.2 Å². The topological polar surface area (TPSA) is 79.8 Å². The van der Waals surface area contributed by atoms with Crippen LogP contribution in [0.5, 0.6) is 5.75 Å². The Labute approximate surface area is 198 Å². The second-order valence-electron chi connectivity index (χ2n) is 7.90. The molecule has 0 atom stereocenters. The number of fused-ring (bicyclic) bond motifs is 1. The van der Waals surface area contributed by atoms with Crippen molar-refractivity contribution in [3.63, 3.8) is 0 Å². The molecular formula is C28H25N3O3. The van der Waals surface area contributed by atoms with E-state index >= 15 is 0 Å². The van der Waals surface area contributed by atoms with Gasteiger partial charge < -0.3 is 10.1 Å². The van der Waals surface area contributed by atoms with Crippen LogP contribution in [0.25, 0.3) is 10.8 Å². The number of benzene rings is 4. The molecule has 2 N–H and O–H groups in total. The van der Waals surface area contributed by atoms with E-state index in [9.17, 15) is 9.59 Å². The minimum atomic E-state index is -0.415. The van der Waals surface area contributed by atoms with Crippen LogP contribution in [0.3, 0.4) is 0 Å². The monoisotopic (exact) mass is 451 g/mol. The maximum Gasteiger partial charge on any atom is 0.344 e. The average molecular weight is 452 g/mol. The standard InChI is InChI=1S/C28H25N3O3/c1-19-7-5-8-20(2)27(19)29-18-26(32)31-30-17-21-13-15-23(16-14-21)34-28(33)25-12-6-10-22-9-3-4-11-24(22)25/h3-17,29H,18H2,1-2H3,(H,31,32)/b30-17-. The van der Waals surface area contributed by atoms with Crippen LogP contribution in [0, 0.1) is 13.8 Å². The zero-order valence-corrected chi connectivity index (χ0v) is 19.0. The summed E-state index contributed by atoms with van der Waals surface area (Å²) in [5.74, 6) is -0.238. The lowest BCUT2D eigenvalue weighted by Crippen LogP contribution is -2.26. The first-order valence-electron chi connectivity index (χ1n) is 10.9. The third-order valence-corrected chi connectivity index (χ3v) is 5.41. The van der Waals surface area contributed by atoms with Crippen LogP contribution in [-0.4, -0.2) is 24.6 Å². The van der Waals surface area contributed by atoms with Gasteiger partial charge in [0.1, 0.15) is 5.75 Å². The smallest absolute Gasteiger partial charge is 0.344 e. The lowest BCUT2D eigenvalue weighted by molar-refractivity contribution is -0.119. The summed E-state index contributed by atoms with van der Waals surface area (Å²) >= 11 is 0. The van der Waals surface area contributed by atoms with E-state index < -0.39 is 5.97 Å². The largest absolute Gasteiger partial charge is 0.423 e. The number of para-hydroxylation sites is 1. The second kappa shape index (κ2) is 10.4. The first-order valence-corrected chi connectivity index (χ1v) is 10.9. The van der Waals surface area contributed by atoms with Crippen molar-refractivity contribution in [2.75, 3.05) is 11.9 Å². The molecule has 0 bridgehead atoms. The Bertz CT molecular complexity index is 1340. The number of ether oxygens (including phenoxy) is 1. The molecule has 34 heavy (non-hydrogen) atoms. The summed E-state index contributed by atoms with van der Waals surface area (Å²) in [4.78, 5) is 24.8. The number of hydrazone groups is 1. The van der Waals surface area contributed by atoms with Crippen LogP contribution in [0.15, 0.2) is 90.0 Å². The molecule has 0 aromatic heterocycles. The Hall–Kier alpha value is -4.45. The third-order valence-electron chi connectivity index (χ3n) is 5.41. The van der Waals surface area contributed by atoms with Gasteiger partial charge in [0.25, 0.3) is 5.91 Å². The van der Waals surface area contributed by atoms with Crippen molar-refractivity contribution in [2.45, 2.75) is 13.8 Å². The molecule has 0 unspecified atom stereocenters. The number of rotatable bonds is 7. The quantitative estimate of drug-likeness (QED) is 0.174. The van der Waals surface area contributed by atoms with Gasteiger partial charge in [0, 0.05) is 5.69 Å². The molecule has 4 aromatic rings. The number of nitrogens with zero attached hydrogens (tertiary/aromatic N) is 1. The maximum atomic E-state index is 12.7. The minimum absolute atomic E-state index is 0.117. The second-order valence-corrected chi connectivity index (χ2v) is 7.90. The number of amides is 1. The molecule has 4 aromatic carbocycles. The summed E-state index contributed by atoms with van der Waals surface area (Å²) in [6, 6.07) is 26.1. The Morgan fingerprint density at radius 2 is 1.53 bits per heavy atom. The van der Waals surface area contributed by atoms with Crippen LogP contribution < -0.4 is 15.5 Å². The summed E-state index contributed by atoms with van der Waals surface area (Å²) in [6.07, 6.45) is 1.53. The fraction of sp³-hybridized carbons (Fsp3) is 0.107. The van der Waals surface area contributed by atoms with Gasteiger partial charge in [-0.1, -0.05) is 54.6 Å². The van der Waals surface area contributed by atoms with Gasteiger partial charge in [-0.2, -0.15) is 5.10 Å². The summed E-state index contributed by atoms with van der Waals surface area (Å²) in [5.41, 5.74) is 6.90. The van der Waals surface area contributed by atoms with Crippen molar-refractivity contribution in [3.05, 3.63) is 107 Å². The number of nitrogens with one attached hydrogen (secondary N) is 2. The molecular weight excluding hydrogens is 426 g/mol. The summed E-state index contributed by atoms with van der Waals surface area (Å²) in [6.45, 7) is 4.11. The van der Waals surface area contributed by atoms with E-state index in [4.69, 9.17) is 4.74 Å². The average Bonchev–Trinajstić information content (AvgIpc) is 2.84. The zero-order valence-electron chi connectivity index (χ0n) is 19.0. The number of aryl methyl sites for hydroxylation is 2. The molecule has 0 saturated heterocycles. The summed E-state index contributed by atoms with van der Waals surface area (Å²) in [5, 5.41) is 8.97.